The van der Waals surface area contributed by atoms with Crippen LogP contribution in [-0.2, 0) is 21.3 Å². The maximum Gasteiger partial charge on any atom is 0.232 e. The molecular formula is C28H34N4O2S. The molecule has 0 spiro atoms. The predicted octanol–water partition coefficient (Wildman–Crippen LogP) is 4.63. The van der Waals surface area contributed by atoms with Gasteiger partial charge >= 0.3 is 0 Å². The van der Waals surface area contributed by atoms with E-state index in [0.29, 0.717) is 5.75 Å². The topological polar surface area (TPSA) is 68.9 Å². The summed E-state index contributed by atoms with van der Waals surface area (Å²) in [4.78, 5) is 13.0. The van der Waals surface area contributed by atoms with Gasteiger partial charge in [0, 0.05) is 34.8 Å². The number of benzene rings is 1. The maximum absolute atomic E-state index is 13.1. The monoisotopic (exact) mass is 490 g/mol. The highest BCUT2D eigenvalue weighted by Crippen LogP contribution is 2.61. The molecule has 6 nitrogen and oxygen atoms in total. The SMILES string of the molecule is C[C@H](NC(=O)C[S@@](=O)Cc1cnn(-c2ccccc2)c1-n1cccc1)C12CC3CC(CC(C3)C1)C2. The highest BCUT2D eigenvalue weighted by molar-refractivity contribution is 7.84. The van der Waals surface area contributed by atoms with E-state index in [1.807, 2.05) is 64.1 Å². The van der Waals surface area contributed by atoms with E-state index in [0.717, 1.165) is 34.8 Å². The first-order chi connectivity index (χ1) is 17.0. The molecule has 2 aromatic heterocycles. The van der Waals surface area contributed by atoms with Crippen LogP contribution in [0.5, 0.6) is 0 Å². The third-order valence-corrected chi connectivity index (χ3v) is 9.87. The van der Waals surface area contributed by atoms with Crippen LogP contribution in [0.15, 0.2) is 61.1 Å². The van der Waals surface area contributed by atoms with E-state index in [4.69, 9.17) is 0 Å². The Kier molecular flexibility index (Phi) is 5.91. The molecular weight excluding hydrogens is 456 g/mol. The van der Waals surface area contributed by atoms with Crippen molar-refractivity contribution in [2.75, 3.05) is 5.75 Å². The summed E-state index contributed by atoms with van der Waals surface area (Å²) in [6.45, 7) is 2.18. The summed E-state index contributed by atoms with van der Waals surface area (Å²) in [6, 6.07) is 14.0. The van der Waals surface area contributed by atoms with Gasteiger partial charge in [-0.2, -0.15) is 5.10 Å². The van der Waals surface area contributed by atoms with Crippen molar-refractivity contribution in [2.45, 2.75) is 57.2 Å². The number of nitrogens with zero attached hydrogens (tertiary/aromatic N) is 3. The number of carbonyl (C=O) groups excluding carboxylic acids is 1. The molecule has 4 aliphatic rings. The highest BCUT2D eigenvalue weighted by atomic mass is 32.2. The van der Waals surface area contributed by atoms with Crippen LogP contribution in [0, 0.1) is 23.2 Å². The first kappa shape index (κ1) is 22.8. The van der Waals surface area contributed by atoms with Gasteiger partial charge in [-0.25, -0.2) is 4.68 Å². The van der Waals surface area contributed by atoms with Crippen molar-refractivity contribution in [1.82, 2.24) is 19.7 Å². The van der Waals surface area contributed by atoms with Crippen LogP contribution in [-0.4, -0.2) is 36.3 Å². The number of aromatic nitrogens is 3. The van der Waals surface area contributed by atoms with Gasteiger partial charge in [-0.3, -0.25) is 9.00 Å². The summed E-state index contributed by atoms with van der Waals surface area (Å²) < 4.78 is 17.0. The molecule has 0 saturated heterocycles. The van der Waals surface area contributed by atoms with Crippen molar-refractivity contribution in [2.24, 2.45) is 23.2 Å². The number of nitrogens with one attached hydrogen (secondary N) is 1. The Morgan fingerprint density at radius 3 is 2.31 bits per heavy atom. The molecule has 184 valence electrons. The van der Waals surface area contributed by atoms with Crippen LogP contribution in [0.25, 0.3) is 11.5 Å². The van der Waals surface area contributed by atoms with Gasteiger partial charge in [0.1, 0.15) is 11.6 Å². The molecule has 0 unspecified atom stereocenters. The number of amides is 1. The van der Waals surface area contributed by atoms with Crippen LogP contribution in [0.2, 0.25) is 0 Å². The fourth-order valence-electron chi connectivity index (χ4n) is 7.50. The van der Waals surface area contributed by atoms with Gasteiger partial charge in [0.15, 0.2) is 0 Å². The fourth-order valence-corrected chi connectivity index (χ4v) is 8.53. The molecule has 1 amide bonds. The molecule has 0 aliphatic heterocycles. The van der Waals surface area contributed by atoms with Gasteiger partial charge in [-0.05, 0) is 92.9 Å². The fraction of sp³-hybridized carbons (Fsp3) is 0.500. The summed E-state index contributed by atoms with van der Waals surface area (Å²) in [5.74, 6) is 3.63. The van der Waals surface area contributed by atoms with Gasteiger partial charge in [0.2, 0.25) is 5.91 Å². The summed E-state index contributed by atoms with van der Waals surface area (Å²) in [5.41, 5.74) is 2.06. The van der Waals surface area contributed by atoms with E-state index in [9.17, 15) is 9.00 Å². The molecule has 4 bridgehead atoms. The second-order valence-electron chi connectivity index (χ2n) is 11.1. The Morgan fingerprint density at radius 1 is 1.06 bits per heavy atom. The Morgan fingerprint density at radius 2 is 1.69 bits per heavy atom. The molecule has 7 rings (SSSR count). The number of para-hydroxylation sites is 1. The predicted molar refractivity (Wildman–Crippen MR) is 138 cm³/mol. The normalized spacial score (nSPS) is 28.7. The molecule has 35 heavy (non-hydrogen) atoms. The van der Waals surface area contributed by atoms with Crippen molar-refractivity contribution >= 4 is 16.7 Å². The average molecular weight is 491 g/mol. The van der Waals surface area contributed by atoms with E-state index in [2.05, 4.69) is 17.3 Å². The lowest BCUT2D eigenvalue weighted by Crippen LogP contribution is -2.56. The number of hydrogen-bond acceptors (Lipinski definition) is 3. The average Bonchev–Trinajstić information content (AvgIpc) is 3.48. The Hall–Kier alpha value is -2.67. The summed E-state index contributed by atoms with van der Waals surface area (Å²) in [6.07, 6.45) is 13.6. The van der Waals surface area contributed by atoms with Crippen molar-refractivity contribution in [3.05, 3.63) is 66.6 Å². The lowest BCUT2D eigenvalue weighted by atomic mass is 9.48. The van der Waals surface area contributed by atoms with Gasteiger partial charge in [-0.1, -0.05) is 18.2 Å². The first-order valence-corrected chi connectivity index (χ1v) is 14.4. The van der Waals surface area contributed by atoms with Crippen LogP contribution >= 0.6 is 0 Å². The van der Waals surface area contributed by atoms with Crippen molar-refractivity contribution < 1.29 is 9.00 Å². The highest BCUT2D eigenvalue weighted by Gasteiger charge is 2.53. The molecule has 1 aromatic carbocycles. The van der Waals surface area contributed by atoms with Crippen LogP contribution in [0.1, 0.15) is 51.0 Å². The molecule has 4 saturated carbocycles. The van der Waals surface area contributed by atoms with Crippen molar-refractivity contribution in [1.29, 1.82) is 0 Å². The molecule has 3 aromatic rings. The molecule has 7 heteroatoms. The lowest BCUT2D eigenvalue weighted by Gasteiger charge is -2.59. The Balaban J connectivity index is 1.14. The Bertz CT molecular complexity index is 1180. The van der Waals surface area contributed by atoms with E-state index in [-0.39, 0.29) is 23.1 Å². The smallest absolute Gasteiger partial charge is 0.232 e. The standard InChI is InChI=1S/C28H34N4O2S/c1-20(28-14-21-11-22(15-28)13-23(12-21)16-28)30-26(33)19-35(34)18-24-17-29-32(25-7-3-2-4-8-25)27(24)31-9-5-6-10-31/h2-10,17,20-23H,11-16,18-19H2,1H3,(H,30,33)/t20-,21?,22?,23?,28?,35-/m0/s1. The summed E-state index contributed by atoms with van der Waals surface area (Å²) in [5, 5.41) is 7.86. The van der Waals surface area contributed by atoms with Crippen LogP contribution in [0.4, 0.5) is 0 Å². The van der Waals surface area contributed by atoms with Gasteiger partial charge < -0.3 is 9.88 Å². The minimum Gasteiger partial charge on any atom is -0.352 e. The quantitative estimate of drug-likeness (QED) is 0.500. The molecule has 1 N–H and O–H groups in total. The molecule has 2 heterocycles. The minimum atomic E-state index is -1.32. The van der Waals surface area contributed by atoms with Crippen LogP contribution in [0.3, 0.4) is 0 Å². The largest absolute Gasteiger partial charge is 0.352 e. The Labute approximate surface area is 209 Å². The van der Waals surface area contributed by atoms with E-state index < -0.39 is 10.8 Å². The van der Waals surface area contributed by atoms with E-state index in [1.165, 1.54) is 38.5 Å². The van der Waals surface area contributed by atoms with Crippen molar-refractivity contribution in [3.63, 3.8) is 0 Å². The second-order valence-corrected chi connectivity index (χ2v) is 12.6. The summed E-state index contributed by atoms with van der Waals surface area (Å²) >= 11 is 0. The minimum absolute atomic E-state index is 0.0261. The molecule has 0 radical (unpaired) electrons. The third-order valence-electron chi connectivity index (χ3n) is 8.66. The number of carbonyl (C=O) groups is 1. The lowest BCUT2D eigenvalue weighted by molar-refractivity contribution is -0.123. The van der Waals surface area contributed by atoms with E-state index in [1.54, 1.807) is 6.20 Å². The van der Waals surface area contributed by atoms with E-state index >= 15 is 0 Å². The zero-order chi connectivity index (χ0) is 24.0. The van der Waals surface area contributed by atoms with Crippen LogP contribution < -0.4 is 5.32 Å². The third kappa shape index (κ3) is 4.39. The molecule has 4 aliphatic carbocycles. The number of rotatable bonds is 8. The van der Waals surface area contributed by atoms with Gasteiger partial charge in [0.05, 0.1) is 17.6 Å². The zero-order valence-electron chi connectivity index (χ0n) is 20.3. The summed E-state index contributed by atoms with van der Waals surface area (Å²) in [7, 11) is -1.32. The second kappa shape index (κ2) is 9.08. The number of hydrogen-bond donors (Lipinski definition) is 1. The first-order valence-electron chi connectivity index (χ1n) is 12.9. The van der Waals surface area contributed by atoms with Gasteiger partial charge in [0.25, 0.3) is 0 Å². The zero-order valence-corrected chi connectivity index (χ0v) is 21.1. The van der Waals surface area contributed by atoms with Crippen molar-refractivity contribution in [3.8, 4) is 11.5 Å². The van der Waals surface area contributed by atoms with Gasteiger partial charge in [-0.15, -0.1) is 0 Å². The molecule has 4 fully saturated rings. The maximum atomic E-state index is 13.1. The molecule has 2 atom stereocenters.